The number of rotatable bonds is 6. The van der Waals surface area contributed by atoms with Gasteiger partial charge in [0.25, 0.3) is 0 Å². The van der Waals surface area contributed by atoms with E-state index in [2.05, 4.69) is 9.97 Å². The van der Waals surface area contributed by atoms with Crippen molar-refractivity contribution in [2.45, 2.75) is 12.8 Å². The van der Waals surface area contributed by atoms with Gasteiger partial charge in [0.2, 0.25) is 0 Å². The average Bonchev–Trinajstić information content (AvgIpc) is 2.70. The first-order chi connectivity index (χ1) is 14.1. The lowest BCUT2D eigenvalue weighted by Gasteiger charge is -2.09. The molecule has 3 aromatic carbocycles. The molecule has 0 radical (unpaired) electrons. The molecule has 0 aliphatic rings. The van der Waals surface area contributed by atoms with Crippen LogP contribution in [-0.4, -0.2) is 15.8 Å². The van der Waals surface area contributed by atoms with Gasteiger partial charge in [-0.05, 0) is 41.5 Å². The summed E-state index contributed by atoms with van der Waals surface area (Å²) in [5.41, 5.74) is 2.57. The Kier molecular flexibility index (Phi) is 5.49. The molecule has 144 valence electrons. The van der Waals surface area contributed by atoms with Gasteiger partial charge in [-0.25, -0.2) is 4.39 Å². The smallest absolute Gasteiger partial charge is 0.141 e. The second-order valence-corrected chi connectivity index (χ2v) is 7.02. The van der Waals surface area contributed by atoms with Crippen molar-refractivity contribution in [1.82, 2.24) is 9.97 Å². The maximum absolute atomic E-state index is 14.5. The molecule has 0 saturated carbocycles. The summed E-state index contributed by atoms with van der Waals surface area (Å²) in [6.45, 7) is 0. The van der Waals surface area contributed by atoms with Crippen LogP contribution >= 0.6 is 11.6 Å². The van der Waals surface area contributed by atoms with Gasteiger partial charge in [0.15, 0.2) is 0 Å². The Labute approximate surface area is 172 Å². The van der Waals surface area contributed by atoms with E-state index in [1.54, 1.807) is 60.9 Å². The van der Waals surface area contributed by atoms with Crippen LogP contribution in [0.5, 0.6) is 11.5 Å². The molecule has 0 N–H and O–H groups in total. The highest BCUT2D eigenvalue weighted by atomic mass is 35.5. The molecule has 0 unspecified atom stereocenters. The average molecular weight is 407 g/mol. The summed E-state index contributed by atoms with van der Waals surface area (Å²) in [4.78, 5) is 20.7. The Morgan fingerprint density at radius 1 is 0.897 bits per heavy atom. The molecule has 0 aliphatic heterocycles. The van der Waals surface area contributed by atoms with Gasteiger partial charge in [0.05, 0.1) is 11.0 Å². The highest BCUT2D eigenvalue weighted by molar-refractivity contribution is 6.30. The highest BCUT2D eigenvalue weighted by Gasteiger charge is 2.11. The Morgan fingerprint density at radius 2 is 1.66 bits per heavy atom. The normalized spacial score (nSPS) is 10.8. The number of hydrogen-bond acceptors (Lipinski definition) is 4. The molecule has 0 saturated heterocycles. The zero-order valence-corrected chi connectivity index (χ0v) is 16.1. The van der Waals surface area contributed by atoms with Crippen LogP contribution in [0, 0.1) is 5.82 Å². The number of benzene rings is 3. The van der Waals surface area contributed by atoms with Gasteiger partial charge in [0, 0.05) is 42.4 Å². The molecule has 0 aliphatic carbocycles. The predicted molar refractivity (Wildman–Crippen MR) is 110 cm³/mol. The third kappa shape index (κ3) is 4.76. The fraction of sp³-hybridized carbons (Fsp3) is 0.0870. The van der Waals surface area contributed by atoms with Crippen molar-refractivity contribution in [1.29, 1.82) is 0 Å². The van der Waals surface area contributed by atoms with Crippen molar-refractivity contribution < 1.29 is 13.9 Å². The van der Waals surface area contributed by atoms with Gasteiger partial charge in [-0.1, -0.05) is 29.8 Å². The van der Waals surface area contributed by atoms with E-state index in [1.165, 1.54) is 6.07 Å². The minimum atomic E-state index is -0.484. The molecule has 0 atom stereocenters. The first-order valence-electron chi connectivity index (χ1n) is 9.00. The molecule has 4 nitrogen and oxygen atoms in total. The SMILES string of the molecule is O=C(Cc1cccc(Cl)c1)Cc1ccc(Oc2ccc3nccnc3c2)cc1F. The molecule has 4 aromatic rings. The van der Waals surface area contributed by atoms with Crippen LogP contribution in [0.1, 0.15) is 11.1 Å². The maximum atomic E-state index is 14.5. The fourth-order valence-electron chi connectivity index (χ4n) is 3.03. The number of ketones is 1. The van der Waals surface area contributed by atoms with E-state index >= 15 is 0 Å². The lowest BCUT2D eigenvalue weighted by molar-refractivity contribution is -0.117. The minimum absolute atomic E-state index is 0.00416. The van der Waals surface area contributed by atoms with Gasteiger partial charge in [-0.3, -0.25) is 14.8 Å². The van der Waals surface area contributed by atoms with Crippen LogP contribution in [-0.2, 0) is 17.6 Å². The number of carbonyl (C=O) groups is 1. The number of hydrogen-bond donors (Lipinski definition) is 0. The summed E-state index contributed by atoms with van der Waals surface area (Å²) in [5, 5.41) is 0.572. The van der Waals surface area contributed by atoms with Gasteiger partial charge < -0.3 is 4.74 Å². The van der Waals surface area contributed by atoms with Crippen LogP contribution in [0.3, 0.4) is 0 Å². The molecule has 0 bridgehead atoms. The molecule has 0 fully saturated rings. The van der Waals surface area contributed by atoms with E-state index in [0.29, 0.717) is 27.6 Å². The highest BCUT2D eigenvalue weighted by Crippen LogP contribution is 2.26. The van der Waals surface area contributed by atoms with Crippen LogP contribution in [0.15, 0.2) is 73.1 Å². The summed E-state index contributed by atoms with van der Waals surface area (Å²) in [7, 11) is 0. The third-order valence-electron chi connectivity index (χ3n) is 4.38. The van der Waals surface area contributed by atoms with Crippen molar-refractivity contribution in [3.63, 3.8) is 0 Å². The molecular weight excluding hydrogens is 391 g/mol. The molecule has 0 spiro atoms. The Morgan fingerprint density at radius 3 is 2.45 bits per heavy atom. The largest absolute Gasteiger partial charge is 0.457 e. The van der Waals surface area contributed by atoms with Gasteiger partial charge in [0.1, 0.15) is 23.1 Å². The van der Waals surface area contributed by atoms with Crippen molar-refractivity contribution in [3.05, 3.63) is 95.0 Å². The van der Waals surface area contributed by atoms with Crippen LogP contribution in [0.25, 0.3) is 11.0 Å². The lowest BCUT2D eigenvalue weighted by Crippen LogP contribution is -2.08. The van der Waals surface area contributed by atoms with Gasteiger partial charge in [-0.15, -0.1) is 0 Å². The summed E-state index contributed by atoms with van der Waals surface area (Å²) < 4.78 is 20.2. The quantitative estimate of drug-likeness (QED) is 0.420. The number of halogens is 2. The number of ether oxygens (including phenoxy) is 1. The topological polar surface area (TPSA) is 52.1 Å². The Bertz CT molecular complexity index is 1200. The molecule has 4 rings (SSSR count). The summed E-state index contributed by atoms with van der Waals surface area (Å²) >= 11 is 5.94. The monoisotopic (exact) mass is 406 g/mol. The number of aromatic nitrogens is 2. The van der Waals surface area contributed by atoms with Crippen molar-refractivity contribution >= 4 is 28.4 Å². The fourth-order valence-corrected chi connectivity index (χ4v) is 3.24. The van der Waals surface area contributed by atoms with Crippen LogP contribution in [0.2, 0.25) is 5.02 Å². The number of nitrogens with zero attached hydrogens (tertiary/aromatic N) is 2. The minimum Gasteiger partial charge on any atom is -0.457 e. The van der Waals surface area contributed by atoms with E-state index in [-0.39, 0.29) is 18.6 Å². The maximum Gasteiger partial charge on any atom is 0.141 e. The lowest BCUT2D eigenvalue weighted by atomic mass is 10.0. The van der Waals surface area contributed by atoms with E-state index < -0.39 is 5.82 Å². The molecule has 0 amide bonds. The molecule has 29 heavy (non-hydrogen) atoms. The molecule has 1 heterocycles. The van der Waals surface area contributed by atoms with Crippen LogP contribution < -0.4 is 4.74 Å². The number of carbonyl (C=O) groups excluding carboxylic acids is 1. The van der Waals surface area contributed by atoms with E-state index in [4.69, 9.17) is 16.3 Å². The van der Waals surface area contributed by atoms with Gasteiger partial charge in [-0.2, -0.15) is 0 Å². The summed E-state index contributed by atoms with van der Waals surface area (Å²) in [6, 6.07) is 16.9. The first kappa shape index (κ1) is 19.0. The van der Waals surface area contributed by atoms with Crippen molar-refractivity contribution in [2.24, 2.45) is 0 Å². The second-order valence-electron chi connectivity index (χ2n) is 6.58. The molecule has 1 aromatic heterocycles. The first-order valence-corrected chi connectivity index (χ1v) is 9.38. The van der Waals surface area contributed by atoms with E-state index in [0.717, 1.165) is 11.1 Å². The predicted octanol–water partition coefficient (Wildman–Crippen LogP) is 5.57. The number of Topliss-reactive ketones (excluding diaryl/α,β-unsaturated/α-hetero) is 1. The van der Waals surface area contributed by atoms with Crippen molar-refractivity contribution in [3.8, 4) is 11.5 Å². The van der Waals surface area contributed by atoms with Gasteiger partial charge >= 0.3 is 0 Å². The van der Waals surface area contributed by atoms with Crippen molar-refractivity contribution in [2.75, 3.05) is 0 Å². The van der Waals surface area contributed by atoms with Crippen LogP contribution in [0.4, 0.5) is 4.39 Å². The number of fused-ring (bicyclic) bond motifs is 1. The Hall–Kier alpha value is -3.31. The molecule has 6 heteroatoms. The second kappa shape index (κ2) is 8.37. The van der Waals surface area contributed by atoms with E-state index in [9.17, 15) is 9.18 Å². The molecular formula is C23H16ClFN2O2. The summed E-state index contributed by atoms with van der Waals surface area (Å²) in [6.07, 6.45) is 3.42. The standard InChI is InChI=1S/C23H16ClFN2O2/c24-17-3-1-2-15(10-17)11-18(28)12-16-4-5-19(13-21(16)25)29-20-6-7-22-23(14-20)27-9-8-26-22/h1-10,13-14H,11-12H2. The zero-order chi connectivity index (χ0) is 20.2. The van der Waals surface area contributed by atoms with E-state index in [1.807, 2.05) is 6.07 Å². The Balaban J connectivity index is 1.45. The summed E-state index contributed by atoms with van der Waals surface area (Å²) in [5.74, 6) is 0.300. The zero-order valence-electron chi connectivity index (χ0n) is 15.3. The third-order valence-corrected chi connectivity index (χ3v) is 4.61.